The van der Waals surface area contributed by atoms with Crippen molar-refractivity contribution in [1.29, 1.82) is 0 Å². The van der Waals surface area contributed by atoms with Gasteiger partial charge in [0.15, 0.2) is 0 Å². The Bertz CT molecular complexity index is 1150. The van der Waals surface area contributed by atoms with Gasteiger partial charge < -0.3 is 20.1 Å². The molecule has 1 aliphatic heterocycles. The molecule has 34 heavy (non-hydrogen) atoms. The normalized spacial score (nSPS) is 20.6. The molecule has 2 N–H and O–H groups in total. The van der Waals surface area contributed by atoms with E-state index in [4.69, 9.17) is 4.74 Å². The highest BCUT2D eigenvalue weighted by Crippen LogP contribution is 2.44. The number of aliphatic hydroxyl groups is 1. The van der Waals surface area contributed by atoms with Crippen LogP contribution in [0.15, 0.2) is 36.7 Å². The van der Waals surface area contributed by atoms with Crippen molar-refractivity contribution in [2.45, 2.75) is 37.8 Å². The maximum absolute atomic E-state index is 10.6. The number of aromatic nitrogens is 3. The van der Waals surface area contributed by atoms with E-state index < -0.39 is 5.60 Å². The van der Waals surface area contributed by atoms with Crippen LogP contribution in [0.5, 0.6) is 5.88 Å². The van der Waals surface area contributed by atoms with Crippen LogP contribution in [0.3, 0.4) is 0 Å². The minimum atomic E-state index is -0.732. The third-order valence-corrected chi connectivity index (χ3v) is 7.98. The van der Waals surface area contributed by atoms with Crippen molar-refractivity contribution in [3.8, 4) is 16.3 Å². The van der Waals surface area contributed by atoms with E-state index in [0.717, 1.165) is 65.6 Å². The van der Waals surface area contributed by atoms with Crippen LogP contribution < -0.4 is 10.1 Å². The maximum Gasteiger partial charge on any atom is 0.230 e. The number of nitrogens with zero attached hydrogens (tertiary/aromatic N) is 5. The number of nitrogens with one attached hydrogen (secondary N) is 1. The van der Waals surface area contributed by atoms with Crippen molar-refractivity contribution in [1.82, 2.24) is 24.8 Å². The lowest BCUT2D eigenvalue weighted by Crippen LogP contribution is -2.52. The lowest BCUT2D eigenvalue weighted by atomic mass is 9.81. The van der Waals surface area contributed by atoms with Gasteiger partial charge in [0.05, 0.1) is 10.9 Å². The average Bonchev–Trinajstić information content (AvgIpc) is 3.29. The molecule has 2 fully saturated rings. The molecule has 1 saturated heterocycles. The Morgan fingerprint density at radius 2 is 2.06 bits per heavy atom. The number of aryl methyl sites for hydroxylation is 1. The number of benzene rings is 1. The van der Waals surface area contributed by atoms with Crippen LogP contribution in [-0.4, -0.2) is 76.2 Å². The van der Waals surface area contributed by atoms with Gasteiger partial charge in [-0.05, 0) is 63.5 Å². The van der Waals surface area contributed by atoms with E-state index in [0.29, 0.717) is 24.5 Å². The van der Waals surface area contributed by atoms with E-state index in [9.17, 15) is 5.11 Å². The third-order valence-electron chi connectivity index (χ3n) is 6.74. The predicted octanol–water partition coefficient (Wildman–Crippen LogP) is 3.65. The van der Waals surface area contributed by atoms with Gasteiger partial charge >= 0.3 is 0 Å². The summed E-state index contributed by atoms with van der Waals surface area (Å²) in [5, 5.41) is 14.8. The number of hydrogen-bond acceptors (Lipinski definition) is 9. The lowest BCUT2D eigenvalue weighted by Gasteiger charge is -2.37. The number of anilines is 2. The Kier molecular flexibility index (Phi) is 6.52. The quantitative estimate of drug-likeness (QED) is 0.530. The van der Waals surface area contributed by atoms with E-state index in [1.807, 2.05) is 6.20 Å². The minimum absolute atomic E-state index is 0.340. The number of ether oxygens (including phenoxy) is 1. The number of hydrogen-bond donors (Lipinski definition) is 2. The summed E-state index contributed by atoms with van der Waals surface area (Å²) in [4.78, 5) is 19.2. The summed E-state index contributed by atoms with van der Waals surface area (Å²) in [7, 11) is 4.28. The lowest BCUT2D eigenvalue weighted by molar-refractivity contribution is -0.0389. The van der Waals surface area contributed by atoms with Crippen molar-refractivity contribution < 1.29 is 9.84 Å². The molecule has 1 aliphatic carbocycles. The van der Waals surface area contributed by atoms with Crippen LogP contribution in [0.1, 0.15) is 29.8 Å². The second kappa shape index (κ2) is 9.58. The summed E-state index contributed by atoms with van der Waals surface area (Å²) in [5.41, 5.74) is 2.35. The molecular weight excluding hydrogens is 448 g/mol. The van der Waals surface area contributed by atoms with Crippen LogP contribution in [-0.2, 0) is 5.60 Å². The van der Waals surface area contributed by atoms with Gasteiger partial charge in [0.2, 0.25) is 11.8 Å². The van der Waals surface area contributed by atoms with Crippen LogP contribution >= 0.6 is 11.3 Å². The number of rotatable bonds is 7. The Morgan fingerprint density at radius 3 is 2.85 bits per heavy atom. The summed E-state index contributed by atoms with van der Waals surface area (Å²) in [6.07, 6.45) is 6.22. The van der Waals surface area contributed by atoms with E-state index in [2.05, 4.69) is 69.3 Å². The summed E-state index contributed by atoms with van der Waals surface area (Å²) >= 11 is 1.57. The Balaban J connectivity index is 1.28. The number of likely N-dealkylation sites (N-methyl/N-ethyl adjacent to an activating group) is 2. The maximum atomic E-state index is 10.6. The molecule has 8 nitrogen and oxygen atoms in total. The molecule has 1 atom stereocenters. The molecule has 1 unspecified atom stereocenters. The van der Waals surface area contributed by atoms with E-state index in [1.165, 1.54) is 0 Å². The number of thiazole rings is 1. The van der Waals surface area contributed by atoms with Crippen molar-refractivity contribution >= 4 is 23.0 Å². The first-order chi connectivity index (χ1) is 16.4. The highest BCUT2D eigenvalue weighted by atomic mass is 32.1. The highest BCUT2D eigenvalue weighted by Gasteiger charge is 2.39. The van der Waals surface area contributed by atoms with Gasteiger partial charge in [-0.25, -0.2) is 9.97 Å². The zero-order valence-corrected chi connectivity index (χ0v) is 20.8. The van der Waals surface area contributed by atoms with E-state index >= 15 is 0 Å². The summed E-state index contributed by atoms with van der Waals surface area (Å²) in [5.74, 6) is 1.06. The van der Waals surface area contributed by atoms with E-state index in [-0.39, 0.29) is 0 Å². The molecule has 0 bridgehead atoms. The predicted molar refractivity (Wildman–Crippen MR) is 135 cm³/mol. The zero-order chi connectivity index (χ0) is 23.7. The van der Waals surface area contributed by atoms with Gasteiger partial charge in [-0.1, -0.05) is 6.07 Å². The smallest absolute Gasteiger partial charge is 0.230 e. The molecule has 3 aromatic rings. The molecule has 3 heterocycles. The number of piperazine rings is 1. The van der Waals surface area contributed by atoms with Crippen LogP contribution in [0.25, 0.3) is 10.4 Å². The van der Waals surface area contributed by atoms with Gasteiger partial charge in [0.1, 0.15) is 17.2 Å². The molecule has 1 aromatic carbocycles. The van der Waals surface area contributed by atoms with Crippen LogP contribution in [0, 0.1) is 6.92 Å². The SMILES string of the molecule is Cc1cc(Nc2nccc(OCC3CN(C)CCN3C)n2)cc(-c2cnc(C3(O)CCC3)s2)c1. The van der Waals surface area contributed by atoms with Gasteiger partial charge in [-0.2, -0.15) is 4.98 Å². The van der Waals surface area contributed by atoms with E-state index in [1.54, 1.807) is 23.6 Å². The average molecular weight is 481 g/mol. The first-order valence-corrected chi connectivity index (χ1v) is 12.6. The van der Waals surface area contributed by atoms with Crippen molar-refractivity contribution in [2.75, 3.05) is 45.7 Å². The fraction of sp³-hybridized carbons (Fsp3) is 0.480. The molecule has 1 saturated carbocycles. The standard InChI is InChI=1S/C25H32N6O2S/c1-17-11-18(21-14-27-23(34-21)25(32)6-4-7-25)13-19(12-17)28-24-26-8-5-22(29-24)33-16-20-15-30(2)9-10-31(20)3/h5,8,11-14,20,32H,4,6-7,9-10,15-16H2,1-3H3,(H,26,28,29). The largest absolute Gasteiger partial charge is 0.476 e. The molecule has 5 rings (SSSR count). The minimum Gasteiger partial charge on any atom is -0.476 e. The molecule has 0 radical (unpaired) electrons. The summed E-state index contributed by atoms with van der Waals surface area (Å²) < 4.78 is 6.02. The molecule has 180 valence electrons. The summed E-state index contributed by atoms with van der Waals surface area (Å²) in [6, 6.07) is 8.40. The molecule has 2 aliphatic rings. The first kappa shape index (κ1) is 23.2. The fourth-order valence-corrected chi connectivity index (χ4v) is 5.47. The molecule has 2 aromatic heterocycles. The first-order valence-electron chi connectivity index (χ1n) is 11.8. The summed E-state index contributed by atoms with van der Waals surface area (Å²) in [6.45, 7) is 5.75. The van der Waals surface area contributed by atoms with Gasteiger partial charge in [0.25, 0.3) is 0 Å². The molecule has 9 heteroatoms. The molecular formula is C25H32N6O2S. The Hall–Kier alpha value is -2.59. The second-order valence-electron chi connectivity index (χ2n) is 9.55. The Morgan fingerprint density at radius 1 is 1.21 bits per heavy atom. The van der Waals surface area contributed by atoms with Crippen molar-refractivity contribution in [3.05, 3.63) is 47.2 Å². The topological polar surface area (TPSA) is 86.6 Å². The Labute approximate surface area is 204 Å². The van der Waals surface area contributed by atoms with Crippen molar-refractivity contribution in [2.24, 2.45) is 0 Å². The second-order valence-corrected chi connectivity index (χ2v) is 10.6. The molecule has 0 spiro atoms. The van der Waals surface area contributed by atoms with Crippen LogP contribution in [0.2, 0.25) is 0 Å². The van der Waals surface area contributed by atoms with Gasteiger partial charge in [-0.15, -0.1) is 11.3 Å². The molecule has 0 amide bonds. The van der Waals surface area contributed by atoms with Gasteiger partial charge in [0, 0.05) is 43.8 Å². The monoisotopic (exact) mass is 480 g/mol. The highest BCUT2D eigenvalue weighted by molar-refractivity contribution is 7.15. The van der Waals surface area contributed by atoms with Crippen LogP contribution in [0.4, 0.5) is 11.6 Å². The zero-order valence-electron chi connectivity index (χ0n) is 20.0. The fourth-order valence-electron chi connectivity index (χ4n) is 4.42. The van der Waals surface area contributed by atoms with Gasteiger partial charge in [-0.3, -0.25) is 4.90 Å². The van der Waals surface area contributed by atoms with Crippen molar-refractivity contribution in [3.63, 3.8) is 0 Å². The third kappa shape index (κ3) is 5.07.